The fourth-order valence-electron chi connectivity index (χ4n) is 3.86. The number of benzene rings is 2. The SMILES string of the molecule is O=C(O)[C@@H]1CC[C@H](CO/N=C/C2c3ccccc3-c3ccccc32)NC1. The fourth-order valence-corrected chi connectivity index (χ4v) is 3.86. The van der Waals surface area contributed by atoms with E-state index in [-0.39, 0.29) is 17.9 Å². The zero-order valence-electron chi connectivity index (χ0n) is 14.5. The van der Waals surface area contributed by atoms with E-state index in [4.69, 9.17) is 9.94 Å². The molecule has 26 heavy (non-hydrogen) atoms. The predicted molar refractivity (Wildman–Crippen MR) is 100 cm³/mol. The van der Waals surface area contributed by atoms with E-state index in [0.29, 0.717) is 19.6 Å². The van der Waals surface area contributed by atoms with Gasteiger partial charge in [-0.15, -0.1) is 0 Å². The molecule has 5 heteroatoms. The van der Waals surface area contributed by atoms with Crippen molar-refractivity contribution in [3.63, 3.8) is 0 Å². The summed E-state index contributed by atoms with van der Waals surface area (Å²) in [6, 6.07) is 17.0. The van der Waals surface area contributed by atoms with Gasteiger partial charge in [-0.2, -0.15) is 0 Å². The molecule has 2 aromatic carbocycles. The highest BCUT2D eigenvalue weighted by molar-refractivity contribution is 5.89. The topological polar surface area (TPSA) is 70.9 Å². The average Bonchev–Trinajstić information content (AvgIpc) is 3.00. The Kier molecular flexibility index (Phi) is 4.71. The largest absolute Gasteiger partial charge is 0.481 e. The smallest absolute Gasteiger partial charge is 0.307 e. The van der Waals surface area contributed by atoms with Crippen LogP contribution in [0.25, 0.3) is 11.1 Å². The van der Waals surface area contributed by atoms with Gasteiger partial charge in [0, 0.05) is 18.5 Å². The molecule has 134 valence electrons. The molecule has 1 heterocycles. The molecule has 4 rings (SSSR count). The van der Waals surface area contributed by atoms with Gasteiger partial charge in [0.15, 0.2) is 0 Å². The lowest BCUT2D eigenvalue weighted by atomic mass is 9.95. The number of nitrogens with zero attached hydrogens (tertiary/aromatic N) is 1. The number of carboxylic acid groups (broad SMARTS) is 1. The minimum atomic E-state index is -0.728. The molecule has 2 aromatic rings. The van der Waals surface area contributed by atoms with E-state index in [1.165, 1.54) is 22.3 Å². The number of nitrogens with one attached hydrogen (secondary N) is 1. The van der Waals surface area contributed by atoms with Crippen LogP contribution in [0.15, 0.2) is 53.7 Å². The first kappa shape index (κ1) is 16.8. The third-order valence-electron chi connectivity index (χ3n) is 5.31. The number of rotatable bonds is 5. The van der Waals surface area contributed by atoms with Gasteiger partial charge in [-0.3, -0.25) is 4.79 Å². The molecule has 0 amide bonds. The molecule has 1 fully saturated rings. The van der Waals surface area contributed by atoms with E-state index in [0.717, 1.165) is 6.42 Å². The van der Waals surface area contributed by atoms with E-state index in [2.05, 4.69) is 59.0 Å². The molecule has 1 saturated heterocycles. The molecule has 0 spiro atoms. The number of fused-ring (bicyclic) bond motifs is 3. The molecule has 5 nitrogen and oxygen atoms in total. The fraction of sp³-hybridized carbons (Fsp3) is 0.333. The van der Waals surface area contributed by atoms with E-state index in [1.807, 2.05) is 6.21 Å². The first-order valence-corrected chi connectivity index (χ1v) is 9.04. The van der Waals surface area contributed by atoms with Crippen LogP contribution in [0.1, 0.15) is 29.9 Å². The monoisotopic (exact) mass is 350 g/mol. The highest BCUT2D eigenvalue weighted by atomic mass is 16.6. The van der Waals surface area contributed by atoms with Crippen molar-refractivity contribution >= 4 is 12.2 Å². The van der Waals surface area contributed by atoms with Gasteiger partial charge >= 0.3 is 5.97 Å². The molecular formula is C21H22N2O3. The first-order valence-electron chi connectivity index (χ1n) is 9.04. The molecule has 2 atom stereocenters. The van der Waals surface area contributed by atoms with Gasteiger partial charge in [-0.1, -0.05) is 53.7 Å². The molecule has 1 aliphatic carbocycles. The van der Waals surface area contributed by atoms with Crippen LogP contribution < -0.4 is 5.32 Å². The summed E-state index contributed by atoms with van der Waals surface area (Å²) >= 11 is 0. The summed E-state index contributed by atoms with van der Waals surface area (Å²) in [6.45, 7) is 0.954. The third kappa shape index (κ3) is 3.22. The van der Waals surface area contributed by atoms with Crippen LogP contribution >= 0.6 is 0 Å². The molecule has 1 aliphatic heterocycles. The van der Waals surface area contributed by atoms with Crippen LogP contribution in [-0.4, -0.2) is 36.5 Å². The standard InChI is InChI=1S/C21H22N2O3/c24-21(25)14-9-10-15(22-11-14)13-26-23-12-20-18-7-3-1-5-16(18)17-6-2-4-8-19(17)20/h1-8,12,14-15,20,22H,9-11,13H2,(H,24,25)/b23-12+/t14-,15-/m1/s1. The molecule has 0 saturated carbocycles. The molecule has 0 unspecified atom stereocenters. The van der Waals surface area contributed by atoms with E-state index < -0.39 is 5.97 Å². The van der Waals surface area contributed by atoms with Gasteiger partial charge < -0.3 is 15.3 Å². The van der Waals surface area contributed by atoms with Gasteiger partial charge in [-0.25, -0.2) is 0 Å². The van der Waals surface area contributed by atoms with Gasteiger partial charge in [0.1, 0.15) is 6.61 Å². The second kappa shape index (κ2) is 7.30. The molecule has 0 radical (unpaired) electrons. The molecule has 0 aromatic heterocycles. The Hall–Kier alpha value is -2.66. The molecule has 0 bridgehead atoms. The summed E-state index contributed by atoms with van der Waals surface area (Å²) in [5.74, 6) is -0.909. The summed E-state index contributed by atoms with van der Waals surface area (Å²) in [5, 5.41) is 16.5. The van der Waals surface area contributed by atoms with Crippen molar-refractivity contribution in [1.29, 1.82) is 0 Å². The number of piperidine rings is 1. The Labute approximate surface area is 152 Å². The molecule has 2 N–H and O–H groups in total. The van der Waals surface area contributed by atoms with Crippen LogP contribution in [0.4, 0.5) is 0 Å². The maximum Gasteiger partial charge on any atom is 0.307 e. The van der Waals surface area contributed by atoms with Gasteiger partial charge in [0.2, 0.25) is 0 Å². The Balaban J connectivity index is 1.38. The van der Waals surface area contributed by atoms with Gasteiger partial charge in [-0.05, 0) is 35.1 Å². The summed E-state index contributed by atoms with van der Waals surface area (Å²) in [4.78, 5) is 16.5. The summed E-state index contributed by atoms with van der Waals surface area (Å²) in [5.41, 5.74) is 5.02. The third-order valence-corrected chi connectivity index (χ3v) is 5.31. The minimum absolute atomic E-state index is 0.109. The van der Waals surface area contributed by atoms with Crippen molar-refractivity contribution in [2.75, 3.05) is 13.2 Å². The summed E-state index contributed by atoms with van der Waals surface area (Å²) in [6.07, 6.45) is 3.35. The summed E-state index contributed by atoms with van der Waals surface area (Å²) < 4.78 is 0. The van der Waals surface area contributed by atoms with Crippen molar-refractivity contribution < 1.29 is 14.7 Å². The Morgan fingerprint density at radius 3 is 2.35 bits per heavy atom. The first-order chi connectivity index (χ1) is 12.7. The van der Waals surface area contributed by atoms with Gasteiger partial charge in [0.05, 0.1) is 12.1 Å². The minimum Gasteiger partial charge on any atom is -0.481 e. The number of oxime groups is 1. The highest BCUT2D eigenvalue weighted by Gasteiger charge is 2.27. The Morgan fingerprint density at radius 1 is 1.12 bits per heavy atom. The predicted octanol–water partition coefficient (Wildman–Crippen LogP) is 3.25. The summed E-state index contributed by atoms with van der Waals surface area (Å²) in [7, 11) is 0. The maximum atomic E-state index is 11.0. The quantitative estimate of drug-likeness (QED) is 0.641. The number of hydrogen-bond acceptors (Lipinski definition) is 4. The number of aliphatic carboxylic acids is 1. The second-order valence-electron chi connectivity index (χ2n) is 6.92. The maximum absolute atomic E-state index is 11.0. The van der Waals surface area contributed by atoms with Crippen LogP contribution in [0.2, 0.25) is 0 Å². The van der Waals surface area contributed by atoms with Crippen LogP contribution in [0, 0.1) is 5.92 Å². The normalized spacial score (nSPS) is 22.2. The highest BCUT2D eigenvalue weighted by Crippen LogP contribution is 2.43. The Bertz CT molecular complexity index is 780. The lowest BCUT2D eigenvalue weighted by Crippen LogP contribution is -2.43. The van der Waals surface area contributed by atoms with E-state index in [1.54, 1.807) is 0 Å². The van der Waals surface area contributed by atoms with E-state index in [9.17, 15) is 4.79 Å². The van der Waals surface area contributed by atoms with Crippen LogP contribution in [-0.2, 0) is 9.63 Å². The van der Waals surface area contributed by atoms with Crippen molar-refractivity contribution in [1.82, 2.24) is 5.32 Å². The molecule has 2 aliphatic rings. The average molecular weight is 350 g/mol. The second-order valence-corrected chi connectivity index (χ2v) is 6.92. The van der Waals surface area contributed by atoms with Crippen molar-refractivity contribution in [3.05, 3.63) is 59.7 Å². The lowest BCUT2D eigenvalue weighted by Gasteiger charge is -2.26. The van der Waals surface area contributed by atoms with Crippen molar-refractivity contribution in [2.45, 2.75) is 24.8 Å². The number of hydrogen-bond donors (Lipinski definition) is 2. The molecular weight excluding hydrogens is 328 g/mol. The van der Waals surface area contributed by atoms with Crippen molar-refractivity contribution in [3.8, 4) is 11.1 Å². The lowest BCUT2D eigenvalue weighted by molar-refractivity contribution is -0.142. The zero-order valence-corrected chi connectivity index (χ0v) is 14.5. The zero-order chi connectivity index (χ0) is 17.9. The van der Waals surface area contributed by atoms with Gasteiger partial charge in [0.25, 0.3) is 0 Å². The van der Waals surface area contributed by atoms with Crippen LogP contribution in [0.5, 0.6) is 0 Å². The van der Waals surface area contributed by atoms with Crippen molar-refractivity contribution in [2.24, 2.45) is 11.1 Å². The Morgan fingerprint density at radius 2 is 1.77 bits per heavy atom. The van der Waals surface area contributed by atoms with E-state index >= 15 is 0 Å². The van der Waals surface area contributed by atoms with Crippen LogP contribution in [0.3, 0.4) is 0 Å². The number of carboxylic acids is 1. The number of carbonyl (C=O) groups is 1.